The van der Waals surface area contributed by atoms with Gasteiger partial charge in [0.25, 0.3) is 5.91 Å². The summed E-state index contributed by atoms with van der Waals surface area (Å²) in [6.45, 7) is 9.37. The van der Waals surface area contributed by atoms with Crippen LogP contribution in [0.4, 0.5) is 13.2 Å². The van der Waals surface area contributed by atoms with Crippen LogP contribution in [0, 0.1) is 11.8 Å². The summed E-state index contributed by atoms with van der Waals surface area (Å²) in [5.74, 6) is -4.50. The summed E-state index contributed by atoms with van der Waals surface area (Å²) in [4.78, 5) is 57.1. The van der Waals surface area contributed by atoms with Crippen LogP contribution in [0.2, 0.25) is 0 Å². The first-order valence-corrected chi connectivity index (χ1v) is 11.6. The fourth-order valence-corrected chi connectivity index (χ4v) is 4.03. The van der Waals surface area contributed by atoms with E-state index in [2.05, 4.69) is 10.3 Å². The van der Waals surface area contributed by atoms with E-state index in [0.717, 1.165) is 24.7 Å². The van der Waals surface area contributed by atoms with Crippen LogP contribution in [0.3, 0.4) is 0 Å². The highest BCUT2D eigenvalue weighted by Gasteiger charge is 2.45. The number of likely N-dealkylation sites (N-methyl/N-ethyl adjacent to an activating group) is 1. The van der Waals surface area contributed by atoms with Crippen LogP contribution in [0.5, 0.6) is 0 Å². The number of alkyl halides is 3. The predicted molar refractivity (Wildman–Crippen MR) is 124 cm³/mol. The summed E-state index contributed by atoms with van der Waals surface area (Å²) >= 11 is 0. The Morgan fingerprint density at radius 2 is 1.60 bits per heavy atom. The number of carboxylic acids is 1. The Hall–Kier alpha value is -2.66. The number of carboxylic acid groups (broad SMARTS) is 1. The molecule has 1 aliphatic rings. The second-order valence-corrected chi connectivity index (χ2v) is 9.79. The van der Waals surface area contributed by atoms with Gasteiger partial charge in [0, 0.05) is 20.1 Å². The van der Waals surface area contributed by atoms with Crippen molar-refractivity contribution in [1.82, 2.24) is 15.1 Å². The molecule has 1 saturated heterocycles. The van der Waals surface area contributed by atoms with Gasteiger partial charge in [0.15, 0.2) is 0 Å². The van der Waals surface area contributed by atoms with Gasteiger partial charge in [0.2, 0.25) is 11.8 Å². The van der Waals surface area contributed by atoms with Gasteiger partial charge in [0.1, 0.15) is 23.3 Å². The monoisotopic (exact) mass is 506 g/mol. The molecule has 3 atom stereocenters. The minimum absolute atomic E-state index is 0.458. The van der Waals surface area contributed by atoms with Crippen LogP contribution in [0.15, 0.2) is 4.99 Å². The van der Waals surface area contributed by atoms with Gasteiger partial charge in [-0.1, -0.05) is 27.7 Å². The lowest BCUT2D eigenvalue weighted by Gasteiger charge is -2.38. The number of hydrogen-bond donors (Lipinski definition) is 2. The normalized spacial score (nSPS) is 18.3. The van der Waals surface area contributed by atoms with E-state index in [4.69, 9.17) is 0 Å². The Labute approximate surface area is 204 Å². The topological polar surface area (TPSA) is 119 Å². The number of carbonyl (C=O) groups excluding carboxylic acids is 3. The Morgan fingerprint density at radius 1 is 1.09 bits per heavy atom. The molecule has 0 aromatic carbocycles. The van der Waals surface area contributed by atoms with E-state index in [1.54, 1.807) is 27.7 Å². The van der Waals surface area contributed by atoms with Gasteiger partial charge in [-0.05, 0) is 38.5 Å². The van der Waals surface area contributed by atoms with Crippen molar-refractivity contribution in [2.24, 2.45) is 16.8 Å². The molecule has 0 saturated carbocycles. The molecule has 3 amide bonds. The number of rotatable bonds is 10. The van der Waals surface area contributed by atoms with Crippen LogP contribution in [-0.2, 0) is 19.2 Å². The summed E-state index contributed by atoms with van der Waals surface area (Å²) in [6, 6.07) is -2.51. The quantitative estimate of drug-likeness (QED) is 0.441. The predicted octanol–water partition coefficient (Wildman–Crippen LogP) is 2.49. The zero-order valence-corrected chi connectivity index (χ0v) is 21.4. The maximum Gasteiger partial charge on any atom is 0.428 e. The lowest BCUT2D eigenvalue weighted by atomic mass is 9.86. The van der Waals surface area contributed by atoms with Crippen molar-refractivity contribution >= 4 is 29.4 Å². The van der Waals surface area contributed by atoms with Gasteiger partial charge in [-0.3, -0.25) is 24.2 Å². The molecule has 0 aromatic rings. The molecular weight excluding hydrogens is 469 g/mol. The van der Waals surface area contributed by atoms with E-state index in [1.165, 1.54) is 18.9 Å². The molecule has 1 rings (SSSR count). The van der Waals surface area contributed by atoms with Crippen LogP contribution in [0.1, 0.15) is 60.8 Å². The molecule has 12 heteroatoms. The van der Waals surface area contributed by atoms with Crippen molar-refractivity contribution in [3.05, 3.63) is 0 Å². The number of aliphatic carboxylic acids is 1. The SMILES string of the molecule is C/C(=N\[C@](C)(C(=O)N(C)C(C(=O)N[C@@H](CC(=O)O)C(=O)N1CCCC1)C(C)C)C(C)C)C(F)(F)F. The van der Waals surface area contributed by atoms with Gasteiger partial charge >= 0.3 is 12.1 Å². The van der Waals surface area contributed by atoms with Gasteiger partial charge in [-0.15, -0.1) is 0 Å². The Morgan fingerprint density at radius 3 is 2.00 bits per heavy atom. The summed E-state index contributed by atoms with van der Waals surface area (Å²) < 4.78 is 39.5. The van der Waals surface area contributed by atoms with E-state index in [9.17, 15) is 37.5 Å². The molecule has 1 heterocycles. The summed E-state index contributed by atoms with van der Waals surface area (Å²) in [5.41, 5.74) is -2.98. The van der Waals surface area contributed by atoms with E-state index < -0.39 is 71.5 Å². The molecule has 1 aliphatic heterocycles. The van der Waals surface area contributed by atoms with Crippen LogP contribution in [0.25, 0.3) is 0 Å². The minimum Gasteiger partial charge on any atom is -0.481 e. The van der Waals surface area contributed by atoms with Gasteiger partial charge in [-0.25, -0.2) is 0 Å². The van der Waals surface area contributed by atoms with Crippen LogP contribution >= 0.6 is 0 Å². The van der Waals surface area contributed by atoms with E-state index in [0.29, 0.717) is 13.1 Å². The van der Waals surface area contributed by atoms with Crippen LogP contribution in [-0.4, -0.2) is 88.2 Å². The maximum atomic E-state index is 13.4. The second-order valence-electron chi connectivity index (χ2n) is 9.79. The minimum atomic E-state index is -4.72. The molecule has 0 aliphatic carbocycles. The van der Waals surface area contributed by atoms with Gasteiger partial charge < -0.3 is 20.2 Å². The second kappa shape index (κ2) is 11.9. The van der Waals surface area contributed by atoms with Gasteiger partial charge in [0.05, 0.1) is 6.42 Å². The first-order chi connectivity index (χ1) is 15.9. The number of halogens is 3. The average molecular weight is 507 g/mol. The van der Waals surface area contributed by atoms with Crippen molar-refractivity contribution in [2.45, 2.75) is 84.6 Å². The first kappa shape index (κ1) is 30.4. The third-order valence-electron chi connectivity index (χ3n) is 6.42. The third kappa shape index (κ3) is 7.66. The first-order valence-electron chi connectivity index (χ1n) is 11.6. The number of hydrogen-bond acceptors (Lipinski definition) is 5. The molecule has 0 bridgehead atoms. The molecular formula is C23H37F3N4O5. The number of nitrogens with zero attached hydrogens (tertiary/aromatic N) is 3. The zero-order valence-electron chi connectivity index (χ0n) is 21.4. The van der Waals surface area contributed by atoms with Gasteiger partial charge in [-0.2, -0.15) is 13.2 Å². The molecule has 0 radical (unpaired) electrons. The molecule has 0 aromatic heterocycles. The highest BCUT2D eigenvalue weighted by molar-refractivity contribution is 5.97. The summed E-state index contributed by atoms with van der Waals surface area (Å²) in [6.07, 6.45) is -3.81. The largest absolute Gasteiger partial charge is 0.481 e. The smallest absolute Gasteiger partial charge is 0.428 e. The Kier molecular flexibility index (Phi) is 10.3. The fourth-order valence-electron chi connectivity index (χ4n) is 4.03. The number of amides is 3. The van der Waals surface area contributed by atoms with Crippen molar-refractivity contribution in [2.75, 3.05) is 20.1 Å². The molecule has 35 heavy (non-hydrogen) atoms. The van der Waals surface area contributed by atoms with E-state index >= 15 is 0 Å². The Balaban J connectivity index is 3.27. The van der Waals surface area contributed by atoms with Crippen molar-refractivity contribution in [3.8, 4) is 0 Å². The molecule has 9 nitrogen and oxygen atoms in total. The molecule has 0 spiro atoms. The standard InChI is InChI=1S/C23H37F3N4O5/c1-13(2)18(19(33)27-16(12-17(31)32)20(34)30-10-8-9-11-30)29(7)21(35)22(6,14(3)4)28-15(5)23(24,25)26/h13-14,16,18H,8-12H2,1-7H3,(H,27,33)(H,31,32)/b28-15+/t16-,18?,22-/m0/s1. The summed E-state index contributed by atoms with van der Waals surface area (Å²) in [5, 5.41) is 11.7. The highest BCUT2D eigenvalue weighted by atomic mass is 19.4. The number of nitrogens with one attached hydrogen (secondary N) is 1. The summed E-state index contributed by atoms with van der Waals surface area (Å²) in [7, 11) is 1.29. The molecule has 200 valence electrons. The molecule has 1 unspecified atom stereocenters. The number of aliphatic imine (C=N–C) groups is 1. The van der Waals surface area contributed by atoms with Crippen molar-refractivity contribution in [3.63, 3.8) is 0 Å². The van der Waals surface area contributed by atoms with Crippen LogP contribution < -0.4 is 5.32 Å². The lowest BCUT2D eigenvalue weighted by molar-refractivity contribution is -0.148. The number of likely N-dealkylation sites (tertiary alicyclic amines) is 1. The lowest BCUT2D eigenvalue weighted by Crippen LogP contribution is -2.59. The zero-order chi connectivity index (χ0) is 27.3. The molecule has 1 fully saturated rings. The Bertz CT molecular complexity index is 838. The third-order valence-corrected chi connectivity index (χ3v) is 6.42. The molecule has 2 N–H and O–H groups in total. The van der Waals surface area contributed by atoms with Crippen molar-refractivity contribution < 1.29 is 37.5 Å². The van der Waals surface area contributed by atoms with Crippen molar-refractivity contribution in [1.29, 1.82) is 0 Å². The highest BCUT2D eigenvalue weighted by Crippen LogP contribution is 2.29. The fraction of sp³-hybridized carbons (Fsp3) is 0.783. The van der Waals surface area contributed by atoms with E-state index in [-0.39, 0.29) is 0 Å². The van der Waals surface area contributed by atoms with E-state index in [1.807, 2.05) is 0 Å². The average Bonchev–Trinajstić information content (AvgIpc) is 3.25. The number of carbonyl (C=O) groups is 4. The maximum absolute atomic E-state index is 13.4.